The summed E-state index contributed by atoms with van der Waals surface area (Å²) in [5, 5.41) is 3.36. The average Bonchev–Trinajstić information content (AvgIpc) is 3.00. The molecule has 0 atom stereocenters. The zero-order chi connectivity index (χ0) is 17.1. The molecule has 0 spiro atoms. The van der Waals surface area contributed by atoms with Crippen molar-refractivity contribution in [2.75, 3.05) is 13.7 Å². The second-order valence-corrected chi connectivity index (χ2v) is 6.86. The molecule has 0 fully saturated rings. The summed E-state index contributed by atoms with van der Waals surface area (Å²) >= 11 is 7.48. The Labute approximate surface area is 149 Å². The predicted molar refractivity (Wildman–Crippen MR) is 100 cm³/mol. The number of methoxy groups -OCH3 is 1. The summed E-state index contributed by atoms with van der Waals surface area (Å²) in [5.74, 6) is 0.830. The van der Waals surface area contributed by atoms with Gasteiger partial charge in [-0.15, -0.1) is 11.3 Å². The van der Waals surface area contributed by atoms with Gasteiger partial charge in [0.25, 0.3) is 5.56 Å². The fourth-order valence-corrected chi connectivity index (χ4v) is 3.82. The number of nitrogens with zero attached hydrogens (tertiary/aromatic N) is 2. The molecule has 0 saturated carbocycles. The van der Waals surface area contributed by atoms with Gasteiger partial charge in [0.2, 0.25) is 0 Å². The van der Waals surface area contributed by atoms with Crippen molar-refractivity contribution in [2.24, 2.45) is 0 Å². The fraction of sp³-hybridized carbons (Fsp3) is 0.333. The number of ether oxygens (including phenoxy) is 1. The molecule has 6 heteroatoms. The monoisotopic (exact) mass is 362 g/mol. The van der Waals surface area contributed by atoms with E-state index in [4.69, 9.17) is 21.3 Å². The van der Waals surface area contributed by atoms with Crippen LogP contribution in [0.2, 0.25) is 5.02 Å². The third-order valence-corrected chi connectivity index (χ3v) is 5.04. The second kappa shape index (κ2) is 7.47. The van der Waals surface area contributed by atoms with E-state index in [2.05, 4.69) is 6.92 Å². The Morgan fingerprint density at radius 3 is 2.71 bits per heavy atom. The highest BCUT2D eigenvalue weighted by Gasteiger charge is 2.16. The van der Waals surface area contributed by atoms with Crippen molar-refractivity contribution in [1.82, 2.24) is 9.55 Å². The summed E-state index contributed by atoms with van der Waals surface area (Å²) in [5.41, 5.74) is 1.90. The third kappa shape index (κ3) is 3.24. The minimum absolute atomic E-state index is 0.00620. The van der Waals surface area contributed by atoms with Crippen LogP contribution >= 0.6 is 22.9 Å². The van der Waals surface area contributed by atoms with Crippen LogP contribution in [0.1, 0.15) is 19.2 Å². The normalized spacial score (nSPS) is 11.3. The second-order valence-electron chi connectivity index (χ2n) is 5.56. The zero-order valence-electron chi connectivity index (χ0n) is 13.7. The van der Waals surface area contributed by atoms with Gasteiger partial charge in [-0.3, -0.25) is 9.36 Å². The topological polar surface area (TPSA) is 44.1 Å². The molecule has 4 nitrogen and oxygen atoms in total. The van der Waals surface area contributed by atoms with Crippen LogP contribution in [0.25, 0.3) is 21.3 Å². The number of thiophene rings is 1. The van der Waals surface area contributed by atoms with Crippen LogP contribution in [0.4, 0.5) is 0 Å². The molecular formula is C18H19ClN2O2S. The first-order chi connectivity index (χ1) is 11.7. The van der Waals surface area contributed by atoms with Crippen molar-refractivity contribution in [3.8, 4) is 11.1 Å². The molecule has 0 aliphatic rings. The predicted octanol–water partition coefficient (Wildman–Crippen LogP) is 4.38. The maximum atomic E-state index is 13.1. The fourth-order valence-electron chi connectivity index (χ4n) is 2.74. The van der Waals surface area contributed by atoms with Crippen LogP contribution in [0, 0.1) is 0 Å². The van der Waals surface area contributed by atoms with Crippen LogP contribution in [0.15, 0.2) is 34.4 Å². The Kier molecular flexibility index (Phi) is 5.33. The number of benzene rings is 1. The maximum absolute atomic E-state index is 13.1. The Bertz CT molecular complexity index is 900. The lowest BCUT2D eigenvalue weighted by molar-refractivity contribution is 0.185. The van der Waals surface area contributed by atoms with Gasteiger partial charge in [-0.1, -0.05) is 30.7 Å². The summed E-state index contributed by atoms with van der Waals surface area (Å²) in [6.45, 7) is 3.10. The van der Waals surface area contributed by atoms with Crippen LogP contribution in [-0.2, 0) is 17.7 Å². The number of hydrogen-bond acceptors (Lipinski definition) is 4. The largest absolute Gasteiger partial charge is 0.383 e. The van der Waals surface area contributed by atoms with E-state index in [1.54, 1.807) is 11.7 Å². The number of fused-ring (bicyclic) bond motifs is 1. The van der Waals surface area contributed by atoms with Crippen LogP contribution < -0.4 is 5.56 Å². The van der Waals surface area contributed by atoms with E-state index in [0.717, 1.165) is 34.6 Å². The van der Waals surface area contributed by atoms with E-state index >= 15 is 0 Å². The van der Waals surface area contributed by atoms with E-state index in [9.17, 15) is 4.79 Å². The molecule has 2 heterocycles. The highest BCUT2D eigenvalue weighted by Crippen LogP contribution is 2.31. The summed E-state index contributed by atoms with van der Waals surface area (Å²) in [4.78, 5) is 18.6. The van der Waals surface area contributed by atoms with E-state index in [1.807, 2.05) is 29.6 Å². The minimum atomic E-state index is 0.00620. The highest BCUT2D eigenvalue weighted by atomic mass is 35.5. The molecule has 126 valence electrons. The summed E-state index contributed by atoms with van der Waals surface area (Å²) in [6.07, 6.45) is 1.73. The van der Waals surface area contributed by atoms with Gasteiger partial charge < -0.3 is 4.74 Å². The highest BCUT2D eigenvalue weighted by molar-refractivity contribution is 7.17. The van der Waals surface area contributed by atoms with Crippen molar-refractivity contribution in [3.05, 3.63) is 50.8 Å². The van der Waals surface area contributed by atoms with E-state index < -0.39 is 0 Å². The first kappa shape index (κ1) is 17.1. The summed E-state index contributed by atoms with van der Waals surface area (Å²) in [7, 11) is 1.64. The Morgan fingerprint density at radius 1 is 1.29 bits per heavy atom. The van der Waals surface area contributed by atoms with Gasteiger partial charge in [-0.2, -0.15) is 0 Å². The minimum Gasteiger partial charge on any atom is -0.383 e. The molecule has 0 aliphatic carbocycles. The molecule has 0 saturated heterocycles. The first-order valence-corrected chi connectivity index (χ1v) is 9.17. The molecule has 0 radical (unpaired) electrons. The Hall–Kier alpha value is -1.69. The number of halogens is 1. The molecule has 2 aromatic heterocycles. The molecule has 1 aromatic carbocycles. The third-order valence-electron chi connectivity index (χ3n) is 3.92. The van der Waals surface area contributed by atoms with Crippen molar-refractivity contribution >= 4 is 33.2 Å². The number of rotatable bonds is 6. The smallest absolute Gasteiger partial charge is 0.262 e. The van der Waals surface area contributed by atoms with Crippen molar-refractivity contribution in [1.29, 1.82) is 0 Å². The first-order valence-electron chi connectivity index (χ1n) is 7.91. The van der Waals surface area contributed by atoms with Crippen molar-refractivity contribution in [3.63, 3.8) is 0 Å². The lowest BCUT2D eigenvalue weighted by Gasteiger charge is -2.12. The number of aryl methyl sites for hydroxylation is 1. The van der Waals surface area contributed by atoms with Gasteiger partial charge in [0, 0.05) is 29.5 Å². The molecule has 3 rings (SSSR count). The molecular weight excluding hydrogens is 344 g/mol. The van der Waals surface area contributed by atoms with Crippen molar-refractivity contribution in [2.45, 2.75) is 26.3 Å². The van der Waals surface area contributed by atoms with Gasteiger partial charge in [0.05, 0.1) is 18.5 Å². The SMILES string of the molecule is CCCc1nc2scc(-c3ccc(Cl)cc3)c2c(=O)n1CCOC. The zero-order valence-corrected chi connectivity index (χ0v) is 15.3. The van der Waals surface area contributed by atoms with E-state index in [-0.39, 0.29) is 5.56 Å². The summed E-state index contributed by atoms with van der Waals surface area (Å²) < 4.78 is 6.91. The molecule has 3 aromatic rings. The summed E-state index contributed by atoms with van der Waals surface area (Å²) in [6, 6.07) is 7.54. The van der Waals surface area contributed by atoms with E-state index in [1.165, 1.54) is 11.3 Å². The van der Waals surface area contributed by atoms with Crippen molar-refractivity contribution < 1.29 is 4.74 Å². The van der Waals surface area contributed by atoms with Gasteiger partial charge in [-0.25, -0.2) is 4.98 Å². The standard InChI is InChI=1S/C18H19ClN2O2S/c1-3-4-15-20-17-16(18(22)21(15)9-10-23-2)14(11-24-17)12-5-7-13(19)8-6-12/h5-8,11H,3-4,9-10H2,1-2H3. The average molecular weight is 363 g/mol. The molecule has 0 unspecified atom stereocenters. The number of hydrogen-bond donors (Lipinski definition) is 0. The maximum Gasteiger partial charge on any atom is 0.262 e. The van der Waals surface area contributed by atoms with Crippen LogP contribution in [0.3, 0.4) is 0 Å². The van der Waals surface area contributed by atoms with Gasteiger partial charge >= 0.3 is 0 Å². The van der Waals surface area contributed by atoms with Gasteiger partial charge in [0.15, 0.2) is 0 Å². The van der Waals surface area contributed by atoms with Gasteiger partial charge in [0.1, 0.15) is 10.7 Å². The lowest BCUT2D eigenvalue weighted by Crippen LogP contribution is -2.27. The number of aromatic nitrogens is 2. The van der Waals surface area contributed by atoms with E-state index in [0.29, 0.717) is 23.6 Å². The molecule has 0 bridgehead atoms. The van der Waals surface area contributed by atoms with Gasteiger partial charge in [-0.05, 0) is 24.1 Å². The quantitative estimate of drug-likeness (QED) is 0.653. The molecule has 0 aliphatic heterocycles. The molecule has 24 heavy (non-hydrogen) atoms. The lowest BCUT2D eigenvalue weighted by atomic mass is 10.1. The molecule has 0 amide bonds. The van der Waals surface area contributed by atoms with Crippen LogP contribution in [0.5, 0.6) is 0 Å². The van der Waals surface area contributed by atoms with Crippen LogP contribution in [-0.4, -0.2) is 23.3 Å². The Morgan fingerprint density at radius 2 is 2.04 bits per heavy atom. The molecule has 0 N–H and O–H groups in total. The Balaban J connectivity index is 2.20.